The predicted octanol–water partition coefficient (Wildman–Crippen LogP) is 5.82. The van der Waals surface area contributed by atoms with Gasteiger partial charge >= 0.3 is 6.18 Å². The van der Waals surface area contributed by atoms with Crippen molar-refractivity contribution in [3.8, 4) is 16.4 Å². The summed E-state index contributed by atoms with van der Waals surface area (Å²) in [6.45, 7) is 0.0269. The molecular formula is C30H24Cl2F3N7O5S. The minimum absolute atomic E-state index is 0.00402. The number of amides is 1. The molecule has 2 aromatic carbocycles. The molecule has 0 aliphatic carbocycles. The van der Waals surface area contributed by atoms with Crippen LogP contribution in [-0.2, 0) is 25.1 Å². The van der Waals surface area contributed by atoms with Gasteiger partial charge in [0.05, 0.1) is 29.7 Å². The first-order chi connectivity index (χ1) is 23.0. The zero-order valence-corrected chi connectivity index (χ0v) is 27.0. The van der Waals surface area contributed by atoms with Gasteiger partial charge < -0.3 is 24.7 Å². The van der Waals surface area contributed by atoms with Gasteiger partial charge in [-0.05, 0) is 24.3 Å². The second kappa shape index (κ2) is 12.9. The van der Waals surface area contributed by atoms with E-state index in [1.165, 1.54) is 29.2 Å². The molecule has 48 heavy (non-hydrogen) atoms. The Kier molecular flexibility index (Phi) is 8.74. The van der Waals surface area contributed by atoms with Crippen LogP contribution < -0.4 is 5.73 Å². The van der Waals surface area contributed by atoms with Crippen LogP contribution in [0.3, 0.4) is 0 Å². The molecule has 2 saturated heterocycles. The van der Waals surface area contributed by atoms with Gasteiger partial charge in [0.15, 0.2) is 12.0 Å². The summed E-state index contributed by atoms with van der Waals surface area (Å²) < 4.78 is 70.5. The zero-order chi connectivity index (χ0) is 33.7. The van der Waals surface area contributed by atoms with Crippen LogP contribution in [0.1, 0.15) is 45.7 Å². The van der Waals surface area contributed by atoms with Crippen molar-refractivity contribution in [1.29, 1.82) is 0 Å². The van der Waals surface area contributed by atoms with E-state index in [0.717, 1.165) is 28.4 Å². The second-order valence-corrected chi connectivity index (χ2v) is 12.6. The fourth-order valence-corrected chi connectivity index (χ4v) is 6.97. The highest BCUT2D eigenvalue weighted by atomic mass is 35.5. The van der Waals surface area contributed by atoms with Crippen LogP contribution >= 0.6 is 34.5 Å². The summed E-state index contributed by atoms with van der Waals surface area (Å²) in [5.74, 6) is -0.970. The Morgan fingerprint density at radius 2 is 1.92 bits per heavy atom. The van der Waals surface area contributed by atoms with Crippen LogP contribution in [0.25, 0.3) is 16.4 Å². The standard InChI is InChI=1S/C30H24Cl2F3N7O5S/c1-44-26-23(41-11-18(38-40-41)28-37-22(32)13-48-28)25-21(12-45-29(47-25)14-5-3-2-4-6-14)46-24(26)20-10-17(27(36)43)39-42(20)19-9-15(31)7-8-16(19)30(33,34)35/h2-11,13,21,23-26,29H,12H2,1H3,(H2,36,43)/t21?,23-,24-,25-,26?,29?/m0/s1. The molecule has 0 spiro atoms. The Bertz CT molecular complexity index is 1960. The summed E-state index contributed by atoms with van der Waals surface area (Å²) in [7, 11) is 1.41. The highest BCUT2D eigenvalue weighted by molar-refractivity contribution is 7.13. The Hall–Kier alpha value is -3.90. The lowest BCUT2D eigenvalue weighted by atomic mass is 9.89. The highest BCUT2D eigenvalue weighted by Gasteiger charge is 2.53. The second-order valence-electron chi connectivity index (χ2n) is 10.9. The topological polar surface area (TPSA) is 141 Å². The molecular weight excluding hydrogens is 698 g/mol. The molecule has 12 nitrogen and oxygen atoms in total. The molecule has 0 bridgehead atoms. The Balaban J connectivity index is 1.36. The van der Waals surface area contributed by atoms with Gasteiger partial charge in [-0.25, -0.2) is 14.3 Å². The molecule has 18 heteroatoms. The van der Waals surface area contributed by atoms with Crippen LogP contribution in [0.15, 0.2) is 66.2 Å². The van der Waals surface area contributed by atoms with E-state index in [0.29, 0.717) is 15.9 Å². The van der Waals surface area contributed by atoms with Crippen LogP contribution in [0.4, 0.5) is 13.2 Å². The van der Waals surface area contributed by atoms with Crippen LogP contribution in [-0.4, -0.2) is 67.7 Å². The SMILES string of the molecule is COC1[C@@H](n2cc(-c3nc(Cl)cs3)nn2)[C@H]2OC(c3ccccc3)OCC2O[C@H]1c1cc(C(N)=O)nn1-c1cc(Cl)ccc1C(F)(F)F. The molecule has 5 aromatic rings. The van der Waals surface area contributed by atoms with E-state index in [1.807, 2.05) is 30.3 Å². The number of primary amides is 1. The maximum absolute atomic E-state index is 14.3. The van der Waals surface area contributed by atoms with Crippen molar-refractivity contribution >= 4 is 40.4 Å². The number of halogens is 5. The Morgan fingerprint density at radius 1 is 1.12 bits per heavy atom. The molecule has 1 amide bonds. The predicted molar refractivity (Wildman–Crippen MR) is 166 cm³/mol. The van der Waals surface area contributed by atoms with Gasteiger partial charge in [0.1, 0.15) is 46.3 Å². The largest absolute Gasteiger partial charge is 0.418 e. The van der Waals surface area contributed by atoms with E-state index in [4.69, 9.17) is 47.9 Å². The fourth-order valence-electron chi connectivity index (χ4n) is 5.91. The van der Waals surface area contributed by atoms with E-state index in [2.05, 4.69) is 20.4 Å². The molecule has 6 atom stereocenters. The van der Waals surface area contributed by atoms with Crippen LogP contribution in [0.5, 0.6) is 0 Å². The van der Waals surface area contributed by atoms with Gasteiger partial charge in [0.2, 0.25) is 0 Å². The molecule has 2 N–H and O–H groups in total. The maximum atomic E-state index is 14.3. The normalized spacial score (nSPS) is 24.4. The minimum Gasteiger partial charge on any atom is -0.376 e. The van der Waals surface area contributed by atoms with Crippen molar-refractivity contribution in [3.05, 3.63) is 98.9 Å². The average Bonchev–Trinajstić information content (AvgIpc) is 3.83. The molecule has 250 valence electrons. The lowest BCUT2D eigenvalue weighted by Crippen LogP contribution is -2.57. The third kappa shape index (κ3) is 6.09. The summed E-state index contributed by atoms with van der Waals surface area (Å²) in [4.78, 5) is 16.6. The lowest BCUT2D eigenvalue weighted by molar-refractivity contribution is -0.320. The number of hydrogen-bond acceptors (Lipinski definition) is 10. The van der Waals surface area contributed by atoms with Gasteiger partial charge in [0.25, 0.3) is 5.91 Å². The molecule has 2 fully saturated rings. The van der Waals surface area contributed by atoms with E-state index < -0.39 is 60.1 Å². The maximum Gasteiger partial charge on any atom is 0.418 e. The Morgan fingerprint density at radius 3 is 2.60 bits per heavy atom. The summed E-state index contributed by atoms with van der Waals surface area (Å²) in [6.07, 6.45) is -7.65. The van der Waals surface area contributed by atoms with Gasteiger partial charge in [-0.3, -0.25) is 4.79 Å². The van der Waals surface area contributed by atoms with E-state index in [1.54, 1.807) is 11.6 Å². The number of fused-ring (bicyclic) bond motifs is 1. The summed E-state index contributed by atoms with van der Waals surface area (Å²) in [5.41, 5.74) is 4.97. The van der Waals surface area contributed by atoms with Crippen molar-refractivity contribution in [2.45, 2.75) is 42.9 Å². The highest BCUT2D eigenvalue weighted by Crippen LogP contribution is 2.46. The number of rotatable bonds is 7. The average molecular weight is 723 g/mol. The first-order valence-corrected chi connectivity index (χ1v) is 16.0. The molecule has 5 heterocycles. The van der Waals surface area contributed by atoms with E-state index >= 15 is 0 Å². The van der Waals surface area contributed by atoms with Gasteiger partial charge in [-0.15, -0.1) is 16.4 Å². The quantitative estimate of drug-likeness (QED) is 0.220. The fraction of sp³-hybridized carbons (Fsp3) is 0.300. The molecule has 7 rings (SSSR count). The summed E-state index contributed by atoms with van der Waals surface area (Å²) >= 11 is 13.5. The van der Waals surface area contributed by atoms with Crippen molar-refractivity contribution in [2.24, 2.45) is 5.73 Å². The number of nitrogens with two attached hydrogens (primary N) is 1. The molecule has 2 aliphatic rings. The van der Waals surface area contributed by atoms with Crippen LogP contribution in [0, 0.1) is 0 Å². The number of nitrogens with zero attached hydrogens (tertiary/aromatic N) is 6. The van der Waals surface area contributed by atoms with E-state index in [-0.39, 0.29) is 23.0 Å². The Labute approximate surface area is 284 Å². The number of carbonyl (C=O) groups is 1. The van der Waals surface area contributed by atoms with Crippen molar-refractivity contribution in [3.63, 3.8) is 0 Å². The smallest absolute Gasteiger partial charge is 0.376 e. The summed E-state index contributed by atoms with van der Waals surface area (Å²) in [6, 6.07) is 12.8. The van der Waals surface area contributed by atoms with Crippen molar-refractivity contribution in [2.75, 3.05) is 13.7 Å². The molecule has 3 unspecified atom stereocenters. The number of carbonyl (C=O) groups excluding carboxylic acids is 1. The number of benzene rings is 2. The summed E-state index contributed by atoms with van der Waals surface area (Å²) in [5, 5.41) is 15.3. The first-order valence-electron chi connectivity index (χ1n) is 14.3. The molecule has 3 aromatic heterocycles. The first kappa shape index (κ1) is 32.6. The van der Waals surface area contributed by atoms with Gasteiger partial charge in [0, 0.05) is 23.1 Å². The number of thiazole rings is 1. The van der Waals surface area contributed by atoms with Crippen molar-refractivity contribution < 1.29 is 36.9 Å². The van der Waals surface area contributed by atoms with Crippen LogP contribution in [0.2, 0.25) is 10.2 Å². The van der Waals surface area contributed by atoms with E-state index in [9.17, 15) is 18.0 Å². The third-order valence-electron chi connectivity index (χ3n) is 7.98. The monoisotopic (exact) mass is 721 g/mol. The lowest BCUT2D eigenvalue weighted by Gasteiger charge is -2.49. The number of alkyl halides is 3. The minimum atomic E-state index is -4.80. The molecule has 0 radical (unpaired) electrons. The number of ether oxygens (including phenoxy) is 4. The van der Waals surface area contributed by atoms with Gasteiger partial charge in [-0.1, -0.05) is 58.7 Å². The third-order valence-corrected chi connectivity index (χ3v) is 9.40. The molecule has 2 aliphatic heterocycles. The molecule has 0 saturated carbocycles. The number of aromatic nitrogens is 6. The van der Waals surface area contributed by atoms with Crippen molar-refractivity contribution in [1.82, 2.24) is 29.8 Å². The zero-order valence-electron chi connectivity index (χ0n) is 24.6. The van der Waals surface area contributed by atoms with Gasteiger partial charge in [-0.2, -0.15) is 18.3 Å². The number of hydrogen-bond donors (Lipinski definition) is 1. The number of methoxy groups -OCH3 is 1.